The molecule has 0 spiro atoms. The molecule has 3 rings (SSSR count). The van der Waals surface area contributed by atoms with Crippen LogP contribution in [0.3, 0.4) is 0 Å². The van der Waals surface area contributed by atoms with Crippen molar-refractivity contribution in [3.8, 4) is 6.07 Å². The van der Waals surface area contributed by atoms with Gasteiger partial charge in [0.05, 0.1) is 5.69 Å². The largest absolute Gasteiger partial charge is 0.351 e. The van der Waals surface area contributed by atoms with E-state index in [2.05, 4.69) is 27.6 Å². The number of anilines is 1. The molecule has 1 aromatic heterocycles. The second-order valence-corrected chi connectivity index (χ2v) is 7.27. The van der Waals surface area contributed by atoms with Gasteiger partial charge in [-0.05, 0) is 19.0 Å². The predicted molar refractivity (Wildman–Crippen MR) is 103 cm³/mol. The summed E-state index contributed by atoms with van der Waals surface area (Å²) in [6, 6.07) is 11.9. The predicted octanol–water partition coefficient (Wildman–Crippen LogP) is 2.31. The molecule has 1 aliphatic heterocycles. The first-order valence-electron chi connectivity index (χ1n) is 8.52. The van der Waals surface area contributed by atoms with E-state index in [4.69, 9.17) is 0 Å². The minimum Gasteiger partial charge on any atom is -0.351 e. The number of nitrogens with one attached hydrogen (secondary N) is 2. The number of carbonyl (C=O) groups excluding carboxylic acids is 1. The number of amides is 1. The number of hydrogen-bond donors (Lipinski definition) is 2. The summed E-state index contributed by atoms with van der Waals surface area (Å²) in [5, 5.41) is 15.7. The van der Waals surface area contributed by atoms with Crippen LogP contribution >= 0.6 is 11.3 Å². The van der Waals surface area contributed by atoms with Crippen LogP contribution in [-0.2, 0) is 24.2 Å². The molecule has 2 heterocycles. The van der Waals surface area contributed by atoms with Crippen molar-refractivity contribution < 1.29 is 4.79 Å². The number of rotatable bonds is 6. The molecule has 1 aliphatic rings. The minimum atomic E-state index is -0.378. The van der Waals surface area contributed by atoms with Crippen LogP contribution in [-0.4, -0.2) is 35.9 Å². The van der Waals surface area contributed by atoms with E-state index in [-0.39, 0.29) is 11.5 Å². The number of benzene rings is 1. The molecule has 0 atom stereocenters. The molecule has 2 N–H and O–H groups in total. The summed E-state index contributed by atoms with van der Waals surface area (Å²) < 4.78 is 0. The van der Waals surface area contributed by atoms with E-state index in [1.807, 2.05) is 36.4 Å². The number of fused-ring (bicyclic) bond motifs is 1. The van der Waals surface area contributed by atoms with Gasteiger partial charge >= 0.3 is 0 Å². The minimum absolute atomic E-state index is 0.0448. The number of hydrogen-bond acceptors (Lipinski definition) is 6. The lowest BCUT2D eigenvalue weighted by atomic mass is 10.1. The zero-order chi connectivity index (χ0) is 18.4. The van der Waals surface area contributed by atoms with Crippen LogP contribution in [0.1, 0.15) is 16.1 Å². The van der Waals surface area contributed by atoms with Crippen LogP contribution in [0.5, 0.6) is 0 Å². The van der Waals surface area contributed by atoms with Crippen molar-refractivity contribution in [1.29, 1.82) is 5.26 Å². The van der Waals surface area contributed by atoms with Gasteiger partial charge in [-0.1, -0.05) is 30.3 Å². The lowest BCUT2D eigenvalue weighted by molar-refractivity contribution is -0.117. The highest BCUT2D eigenvalue weighted by Gasteiger charge is 2.18. The van der Waals surface area contributed by atoms with Crippen LogP contribution in [0, 0.1) is 11.3 Å². The average Bonchev–Trinajstić information content (AvgIpc) is 3.05. The lowest BCUT2D eigenvalue weighted by Crippen LogP contribution is -2.27. The fourth-order valence-electron chi connectivity index (χ4n) is 2.73. The second kappa shape index (κ2) is 8.61. The van der Waals surface area contributed by atoms with Crippen molar-refractivity contribution in [2.45, 2.75) is 19.4 Å². The quantitative estimate of drug-likeness (QED) is 0.605. The molecular formula is C19H21N5OS. The Labute approximate surface area is 157 Å². The topological polar surface area (TPSA) is 81.1 Å². The van der Waals surface area contributed by atoms with Crippen molar-refractivity contribution in [2.75, 3.05) is 25.5 Å². The lowest BCUT2D eigenvalue weighted by Gasteiger charge is -2.20. The zero-order valence-corrected chi connectivity index (χ0v) is 15.5. The summed E-state index contributed by atoms with van der Waals surface area (Å²) in [6.07, 6.45) is 3.09. The Morgan fingerprint density at radius 1 is 1.42 bits per heavy atom. The fourth-order valence-corrected chi connectivity index (χ4v) is 3.79. The standard InChI is InChI=1S/C19H21N5OS/c1-24-10-8-16-17(13-24)26-19(23-16)22-12-15(11-20)18(25)21-9-7-14-5-3-2-4-6-14/h2-6,12H,7-10,13H2,1H3,(H,21,25)(H,22,23)/b15-12-. The maximum absolute atomic E-state index is 12.2. The number of nitrogens with zero attached hydrogens (tertiary/aromatic N) is 3. The smallest absolute Gasteiger partial charge is 0.263 e. The van der Waals surface area contributed by atoms with E-state index < -0.39 is 0 Å². The molecule has 0 saturated carbocycles. The Morgan fingerprint density at radius 2 is 2.23 bits per heavy atom. The normalized spacial score (nSPS) is 14.4. The highest BCUT2D eigenvalue weighted by molar-refractivity contribution is 7.15. The summed E-state index contributed by atoms with van der Waals surface area (Å²) in [5.74, 6) is -0.378. The van der Waals surface area contributed by atoms with E-state index in [0.29, 0.717) is 6.54 Å². The third-order valence-corrected chi connectivity index (χ3v) is 5.18. The summed E-state index contributed by atoms with van der Waals surface area (Å²) in [7, 11) is 2.09. The van der Waals surface area contributed by atoms with Crippen molar-refractivity contribution in [3.63, 3.8) is 0 Å². The zero-order valence-electron chi connectivity index (χ0n) is 14.7. The van der Waals surface area contributed by atoms with Crippen LogP contribution in [0.2, 0.25) is 0 Å². The number of likely N-dealkylation sites (N-methyl/N-ethyl adjacent to an activating group) is 1. The van der Waals surface area contributed by atoms with Gasteiger partial charge in [-0.2, -0.15) is 5.26 Å². The first-order valence-corrected chi connectivity index (χ1v) is 9.33. The Bertz CT molecular complexity index is 837. The molecule has 1 aromatic carbocycles. The van der Waals surface area contributed by atoms with Gasteiger partial charge in [0.1, 0.15) is 11.6 Å². The number of nitriles is 1. The van der Waals surface area contributed by atoms with Gasteiger partial charge in [-0.3, -0.25) is 4.79 Å². The van der Waals surface area contributed by atoms with E-state index in [1.54, 1.807) is 11.3 Å². The summed E-state index contributed by atoms with van der Waals surface area (Å²) in [6.45, 7) is 2.38. The summed E-state index contributed by atoms with van der Waals surface area (Å²) in [5.41, 5.74) is 2.30. The van der Waals surface area contributed by atoms with Crippen LogP contribution in [0.4, 0.5) is 5.13 Å². The van der Waals surface area contributed by atoms with Gasteiger partial charge in [-0.25, -0.2) is 4.98 Å². The molecular weight excluding hydrogens is 346 g/mol. The van der Waals surface area contributed by atoms with Crippen molar-refractivity contribution in [2.24, 2.45) is 0 Å². The summed E-state index contributed by atoms with van der Waals surface area (Å²) >= 11 is 1.57. The van der Waals surface area contributed by atoms with E-state index in [1.165, 1.54) is 11.1 Å². The molecule has 26 heavy (non-hydrogen) atoms. The highest BCUT2D eigenvalue weighted by atomic mass is 32.1. The Balaban J connectivity index is 1.54. The maximum atomic E-state index is 12.2. The van der Waals surface area contributed by atoms with Gasteiger partial charge in [0, 0.05) is 37.1 Å². The van der Waals surface area contributed by atoms with E-state index in [9.17, 15) is 10.1 Å². The fraction of sp³-hybridized carbons (Fsp3) is 0.316. The van der Waals surface area contributed by atoms with Crippen LogP contribution in [0.25, 0.3) is 0 Å². The van der Waals surface area contributed by atoms with Crippen molar-refractivity contribution in [1.82, 2.24) is 15.2 Å². The molecule has 134 valence electrons. The van der Waals surface area contributed by atoms with Crippen molar-refractivity contribution in [3.05, 3.63) is 58.2 Å². The molecule has 0 bridgehead atoms. The first-order chi connectivity index (χ1) is 12.7. The van der Waals surface area contributed by atoms with Crippen LogP contribution < -0.4 is 10.6 Å². The molecule has 0 unspecified atom stereocenters. The molecule has 2 aromatic rings. The van der Waals surface area contributed by atoms with Gasteiger partial charge in [0.25, 0.3) is 5.91 Å². The first kappa shape index (κ1) is 18.1. The maximum Gasteiger partial charge on any atom is 0.263 e. The molecule has 6 nitrogen and oxygen atoms in total. The SMILES string of the molecule is CN1CCc2nc(N/C=C(/C#N)C(=O)NCCc3ccccc3)sc2C1. The summed E-state index contributed by atoms with van der Waals surface area (Å²) in [4.78, 5) is 20.2. The second-order valence-electron chi connectivity index (χ2n) is 6.18. The van der Waals surface area contributed by atoms with Gasteiger partial charge in [-0.15, -0.1) is 11.3 Å². The number of aromatic nitrogens is 1. The number of thiazole rings is 1. The number of carbonyl (C=O) groups is 1. The van der Waals surface area contributed by atoms with Crippen molar-refractivity contribution >= 4 is 22.4 Å². The van der Waals surface area contributed by atoms with Gasteiger partial charge in [0.2, 0.25) is 0 Å². The molecule has 7 heteroatoms. The Kier molecular flexibility index (Phi) is 6.00. The Hall–Kier alpha value is -2.69. The molecule has 1 amide bonds. The molecule has 0 fully saturated rings. The Morgan fingerprint density at radius 3 is 3.00 bits per heavy atom. The molecule has 0 aliphatic carbocycles. The molecule has 0 saturated heterocycles. The van der Waals surface area contributed by atoms with Gasteiger partial charge in [0.15, 0.2) is 5.13 Å². The van der Waals surface area contributed by atoms with Crippen LogP contribution in [0.15, 0.2) is 42.1 Å². The van der Waals surface area contributed by atoms with E-state index in [0.717, 1.165) is 42.3 Å². The highest BCUT2D eigenvalue weighted by Crippen LogP contribution is 2.27. The van der Waals surface area contributed by atoms with Gasteiger partial charge < -0.3 is 15.5 Å². The molecule has 0 radical (unpaired) electrons. The third kappa shape index (κ3) is 4.69. The van der Waals surface area contributed by atoms with E-state index >= 15 is 0 Å². The third-order valence-electron chi connectivity index (χ3n) is 4.17. The monoisotopic (exact) mass is 367 g/mol. The average molecular weight is 367 g/mol.